The first-order valence-electron chi connectivity index (χ1n) is 5.90. The van der Waals surface area contributed by atoms with Crippen LogP contribution in [0.3, 0.4) is 0 Å². The Bertz CT molecular complexity index is 859. The highest BCUT2D eigenvalue weighted by molar-refractivity contribution is 5.98. The third-order valence-corrected chi connectivity index (χ3v) is 3.11. The van der Waals surface area contributed by atoms with Crippen LogP contribution in [-0.2, 0) is 7.05 Å². The van der Waals surface area contributed by atoms with E-state index in [0.29, 0.717) is 0 Å². The van der Waals surface area contributed by atoms with Gasteiger partial charge in [-0.1, -0.05) is 0 Å². The summed E-state index contributed by atoms with van der Waals surface area (Å²) in [4.78, 5) is 32.8. The quantitative estimate of drug-likeness (QED) is 0.500. The van der Waals surface area contributed by atoms with Crippen molar-refractivity contribution in [3.05, 3.63) is 56.2 Å². The molecule has 0 radical (unpaired) electrons. The highest BCUT2D eigenvalue weighted by Gasteiger charge is 2.27. The lowest BCUT2D eigenvalue weighted by atomic mass is 10.00. The van der Waals surface area contributed by atoms with Gasteiger partial charge in [0.25, 0.3) is 11.2 Å². The number of carboxylic acid groups (broad SMARTS) is 1. The van der Waals surface area contributed by atoms with E-state index in [2.05, 4.69) is 0 Å². The molecule has 1 aromatic heterocycles. The van der Waals surface area contributed by atoms with Gasteiger partial charge in [0, 0.05) is 30.9 Å². The lowest BCUT2D eigenvalue weighted by Crippen LogP contribution is -2.15. The van der Waals surface area contributed by atoms with Crippen LogP contribution in [0.25, 0.3) is 11.1 Å². The van der Waals surface area contributed by atoms with E-state index in [9.17, 15) is 24.1 Å². The number of hydrogen-bond acceptors (Lipinski definition) is 5. The molecule has 0 aliphatic rings. The highest BCUT2D eigenvalue weighted by atomic mass is 19.1. The number of carbonyl (C=O) groups is 1. The number of nitrogens with two attached hydrogens (primary N) is 1. The third kappa shape index (κ3) is 2.39. The normalized spacial score (nSPS) is 10.5. The van der Waals surface area contributed by atoms with Gasteiger partial charge in [-0.05, 0) is 11.6 Å². The summed E-state index contributed by atoms with van der Waals surface area (Å²) in [6.07, 6.45) is 1.33. The Balaban J connectivity index is 2.86. The number of benzene rings is 1. The van der Waals surface area contributed by atoms with Gasteiger partial charge in [0.1, 0.15) is 17.1 Å². The molecule has 0 bridgehead atoms. The summed E-state index contributed by atoms with van der Waals surface area (Å²) in [5, 5.41) is 20.0. The summed E-state index contributed by atoms with van der Waals surface area (Å²) in [5.41, 5.74) is 2.01. The number of nitro benzene ring substituents is 1. The van der Waals surface area contributed by atoms with Crippen molar-refractivity contribution in [2.45, 2.75) is 0 Å². The minimum absolute atomic E-state index is 0.0196. The van der Waals surface area contributed by atoms with E-state index in [0.717, 1.165) is 12.1 Å². The number of aromatic carboxylic acids is 1. The van der Waals surface area contributed by atoms with Gasteiger partial charge in [-0.15, -0.1) is 0 Å². The van der Waals surface area contributed by atoms with Crippen molar-refractivity contribution < 1.29 is 19.2 Å². The first kappa shape index (κ1) is 15.2. The molecular formula is C13H10FN3O5. The minimum Gasteiger partial charge on any atom is -0.478 e. The van der Waals surface area contributed by atoms with Gasteiger partial charge in [-0.2, -0.15) is 0 Å². The van der Waals surface area contributed by atoms with Crippen LogP contribution >= 0.6 is 0 Å². The van der Waals surface area contributed by atoms with Gasteiger partial charge in [0.05, 0.1) is 4.92 Å². The van der Waals surface area contributed by atoms with Crippen LogP contribution in [0, 0.1) is 15.9 Å². The average Bonchev–Trinajstić information content (AvgIpc) is 2.41. The fourth-order valence-electron chi connectivity index (χ4n) is 1.95. The molecule has 1 heterocycles. The lowest BCUT2D eigenvalue weighted by molar-refractivity contribution is -0.383. The maximum Gasteiger partial charge on any atom is 0.341 e. The number of nitrogens with zero attached hydrogens (tertiary/aromatic N) is 2. The molecule has 0 spiro atoms. The second-order valence-electron chi connectivity index (χ2n) is 4.47. The van der Waals surface area contributed by atoms with Crippen molar-refractivity contribution in [1.82, 2.24) is 4.57 Å². The van der Waals surface area contributed by atoms with Gasteiger partial charge in [-0.25, -0.2) is 9.18 Å². The summed E-state index contributed by atoms with van der Waals surface area (Å²) in [6.45, 7) is 0. The molecule has 2 rings (SSSR count). The molecule has 8 nitrogen and oxygen atoms in total. The largest absolute Gasteiger partial charge is 0.478 e. The van der Waals surface area contributed by atoms with Gasteiger partial charge < -0.3 is 15.4 Å². The number of carboxylic acids is 1. The van der Waals surface area contributed by atoms with Gasteiger partial charge in [-0.3, -0.25) is 14.9 Å². The van der Waals surface area contributed by atoms with Crippen LogP contribution in [0.15, 0.2) is 29.2 Å². The van der Waals surface area contributed by atoms with Gasteiger partial charge in [0.15, 0.2) is 0 Å². The second-order valence-corrected chi connectivity index (χ2v) is 4.47. The molecule has 0 aliphatic carbocycles. The van der Waals surface area contributed by atoms with Crippen LogP contribution in [0.5, 0.6) is 0 Å². The number of nitrogen functional groups attached to an aromatic ring is 1. The van der Waals surface area contributed by atoms with Crippen molar-refractivity contribution in [3.8, 4) is 11.1 Å². The molecular weight excluding hydrogens is 297 g/mol. The van der Waals surface area contributed by atoms with Crippen LogP contribution in [0.1, 0.15) is 10.4 Å². The van der Waals surface area contributed by atoms with Crippen molar-refractivity contribution in [1.29, 1.82) is 0 Å². The van der Waals surface area contributed by atoms with Crippen molar-refractivity contribution in [2.24, 2.45) is 7.05 Å². The molecule has 2 aromatic rings. The minimum atomic E-state index is -1.73. The Morgan fingerprint density at radius 1 is 1.45 bits per heavy atom. The summed E-state index contributed by atoms with van der Waals surface area (Å²) < 4.78 is 15.6. The molecule has 1 aromatic carbocycles. The lowest BCUT2D eigenvalue weighted by Gasteiger charge is -2.09. The first-order valence-corrected chi connectivity index (χ1v) is 5.90. The van der Waals surface area contributed by atoms with E-state index in [1.54, 1.807) is 0 Å². The number of aryl methyl sites for hydroxylation is 1. The monoisotopic (exact) mass is 307 g/mol. The average molecular weight is 307 g/mol. The standard InChI is InChI=1S/C13H10FN3O5/c1-16-3-2-6(4-9(16)18)7-5-8(17(21)22)12(15)10(11(7)14)13(19)20/h2-5H,15H2,1H3,(H,19,20). The van der Waals surface area contributed by atoms with E-state index in [4.69, 9.17) is 10.8 Å². The SMILES string of the molecule is Cn1ccc(-c2cc([N+](=O)[O-])c(N)c(C(=O)O)c2F)cc1=O. The molecule has 3 N–H and O–H groups in total. The fraction of sp³-hybridized carbons (Fsp3) is 0.0769. The predicted octanol–water partition coefficient (Wildman–Crippen LogP) is 1.38. The summed E-state index contributed by atoms with van der Waals surface area (Å²) in [6, 6.07) is 3.20. The van der Waals surface area contributed by atoms with Crippen molar-refractivity contribution in [3.63, 3.8) is 0 Å². The maximum atomic E-state index is 14.4. The number of hydrogen-bond donors (Lipinski definition) is 2. The third-order valence-electron chi connectivity index (χ3n) is 3.11. The highest BCUT2D eigenvalue weighted by Crippen LogP contribution is 2.35. The molecule has 9 heteroatoms. The molecule has 0 atom stereocenters. The van der Waals surface area contributed by atoms with Crippen LogP contribution < -0.4 is 11.3 Å². The zero-order valence-electron chi connectivity index (χ0n) is 11.2. The fourth-order valence-corrected chi connectivity index (χ4v) is 1.95. The number of aromatic nitrogens is 1. The van der Waals surface area contributed by atoms with Crippen molar-refractivity contribution >= 4 is 17.3 Å². The van der Waals surface area contributed by atoms with Gasteiger partial charge in [0.2, 0.25) is 0 Å². The molecule has 0 saturated heterocycles. The first-order chi connectivity index (χ1) is 10.2. The Kier molecular flexibility index (Phi) is 3.64. The van der Waals surface area contributed by atoms with Crippen LogP contribution in [0.4, 0.5) is 15.8 Å². The zero-order valence-corrected chi connectivity index (χ0v) is 11.2. The molecule has 0 aliphatic heterocycles. The van der Waals surface area contributed by atoms with E-state index in [-0.39, 0.29) is 11.1 Å². The van der Waals surface area contributed by atoms with E-state index >= 15 is 0 Å². The smallest absolute Gasteiger partial charge is 0.341 e. The Morgan fingerprint density at radius 2 is 2.09 bits per heavy atom. The summed E-state index contributed by atoms with van der Waals surface area (Å²) in [7, 11) is 1.47. The number of rotatable bonds is 3. The van der Waals surface area contributed by atoms with E-state index in [1.807, 2.05) is 0 Å². The van der Waals surface area contributed by atoms with Crippen molar-refractivity contribution in [2.75, 3.05) is 5.73 Å². The van der Waals surface area contributed by atoms with Gasteiger partial charge >= 0.3 is 5.97 Å². The Hall–Kier alpha value is -3.23. The van der Waals surface area contributed by atoms with Crippen LogP contribution in [-0.4, -0.2) is 20.6 Å². The van der Waals surface area contributed by atoms with E-state index in [1.165, 1.54) is 23.9 Å². The number of halogens is 1. The Labute approximate surface area is 122 Å². The number of nitro groups is 1. The number of pyridine rings is 1. The van der Waals surface area contributed by atoms with E-state index < -0.39 is 39.2 Å². The Morgan fingerprint density at radius 3 is 2.59 bits per heavy atom. The molecule has 114 valence electrons. The second kappa shape index (κ2) is 5.28. The predicted molar refractivity (Wildman–Crippen MR) is 75.1 cm³/mol. The maximum absolute atomic E-state index is 14.4. The molecule has 22 heavy (non-hydrogen) atoms. The number of anilines is 1. The molecule has 0 amide bonds. The van der Waals surface area contributed by atoms with Crippen LogP contribution in [0.2, 0.25) is 0 Å². The summed E-state index contributed by atoms with van der Waals surface area (Å²) >= 11 is 0. The molecule has 0 fully saturated rings. The zero-order chi connectivity index (χ0) is 16.6. The summed E-state index contributed by atoms with van der Waals surface area (Å²) in [5.74, 6) is -2.97. The molecule has 0 saturated carbocycles. The molecule has 0 unspecified atom stereocenters. The topological polar surface area (TPSA) is 128 Å².